The predicted molar refractivity (Wildman–Crippen MR) is 152 cm³/mol. The Morgan fingerprint density at radius 3 is 2.22 bits per heavy atom. The number of rotatable bonds is 7. The maximum atomic E-state index is 13.9. The van der Waals surface area contributed by atoms with Crippen LogP contribution in [-0.2, 0) is 13.0 Å². The zero-order valence-corrected chi connectivity index (χ0v) is 23.2. The number of hydrogen-bond acceptors (Lipinski definition) is 4. The summed E-state index contributed by atoms with van der Waals surface area (Å²) in [5, 5.41) is 1.43. The molecule has 5 aromatic rings. The summed E-state index contributed by atoms with van der Waals surface area (Å²) in [6.45, 7) is 4.53. The summed E-state index contributed by atoms with van der Waals surface area (Å²) in [7, 11) is 4.79. The Bertz CT molecular complexity index is 1680. The molecule has 0 unspecified atom stereocenters. The van der Waals surface area contributed by atoms with Gasteiger partial charge in [-0.15, -0.1) is 0 Å². The van der Waals surface area contributed by atoms with Crippen molar-refractivity contribution in [3.8, 4) is 22.9 Å². The Morgan fingerprint density at radius 2 is 1.59 bits per heavy atom. The largest absolute Gasteiger partial charge is 0.493 e. The van der Waals surface area contributed by atoms with Crippen LogP contribution in [0.1, 0.15) is 23.7 Å². The quantitative estimate of drug-likeness (QED) is 0.223. The highest BCUT2D eigenvalue weighted by atomic mass is 79.9. The van der Waals surface area contributed by atoms with Crippen LogP contribution in [0.3, 0.4) is 0 Å². The zero-order chi connectivity index (χ0) is 26.3. The van der Waals surface area contributed by atoms with Crippen LogP contribution >= 0.6 is 15.9 Å². The van der Waals surface area contributed by atoms with Gasteiger partial charge in [0.05, 0.1) is 43.1 Å². The van der Waals surface area contributed by atoms with Gasteiger partial charge in [-0.3, -0.25) is 4.79 Å². The molecule has 7 heteroatoms. The van der Waals surface area contributed by atoms with E-state index >= 15 is 0 Å². The van der Waals surface area contributed by atoms with Gasteiger partial charge in [-0.05, 0) is 43.7 Å². The SMILES string of the molecule is CCn1c(=O)c2cc(Cc3ccccc3Br)n(-c3ccc(C)cc3)c2c2c(OC)c(OC)c(OC)cc21. The van der Waals surface area contributed by atoms with Gasteiger partial charge in [-0.2, -0.15) is 0 Å². The number of ether oxygens (including phenoxy) is 3. The average Bonchev–Trinajstić information content (AvgIpc) is 3.28. The molecule has 0 aliphatic rings. The second-order valence-electron chi connectivity index (χ2n) is 8.93. The van der Waals surface area contributed by atoms with Crippen LogP contribution in [0.25, 0.3) is 27.5 Å². The van der Waals surface area contributed by atoms with Gasteiger partial charge in [-0.1, -0.05) is 51.8 Å². The highest BCUT2D eigenvalue weighted by Gasteiger charge is 2.26. The molecule has 2 heterocycles. The van der Waals surface area contributed by atoms with Gasteiger partial charge >= 0.3 is 0 Å². The molecule has 37 heavy (non-hydrogen) atoms. The van der Waals surface area contributed by atoms with E-state index in [0.717, 1.165) is 43.4 Å². The third kappa shape index (κ3) is 4.07. The summed E-state index contributed by atoms with van der Waals surface area (Å²) in [5.74, 6) is 1.53. The lowest BCUT2D eigenvalue weighted by Crippen LogP contribution is -2.20. The van der Waals surface area contributed by atoms with Gasteiger partial charge in [-0.25, -0.2) is 0 Å². The molecule has 0 aliphatic carbocycles. The fourth-order valence-electron chi connectivity index (χ4n) is 5.08. The fraction of sp³-hybridized carbons (Fsp3) is 0.233. The second kappa shape index (κ2) is 9.98. The Morgan fingerprint density at radius 1 is 0.892 bits per heavy atom. The van der Waals surface area contributed by atoms with E-state index in [9.17, 15) is 4.79 Å². The molecule has 0 radical (unpaired) electrons. The van der Waals surface area contributed by atoms with Crippen LogP contribution in [0.15, 0.2) is 69.9 Å². The molecule has 0 spiro atoms. The Hall–Kier alpha value is -3.71. The second-order valence-corrected chi connectivity index (χ2v) is 9.78. The Kier molecular flexibility index (Phi) is 6.73. The van der Waals surface area contributed by atoms with Crippen LogP contribution in [0.5, 0.6) is 17.2 Å². The van der Waals surface area contributed by atoms with Crippen LogP contribution < -0.4 is 19.8 Å². The van der Waals surface area contributed by atoms with E-state index in [2.05, 4.69) is 57.8 Å². The van der Waals surface area contributed by atoms with Crippen molar-refractivity contribution in [3.63, 3.8) is 0 Å². The van der Waals surface area contributed by atoms with Crippen molar-refractivity contribution in [3.05, 3.63) is 92.3 Å². The van der Waals surface area contributed by atoms with Gasteiger partial charge in [0, 0.05) is 34.9 Å². The van der Waals surface area contributed by atoms with Crippen LogP contribution in [0.4, 0.5) is 0 Å². The minimum Gasteiger partial charge on any atom is -0.493 e. The monoisotopic (exact) mass is 560 g/mol. The fourth-order valence-corrected chi connectivity index (χ4v) is 5.51. The predicted octanol–water partition coefficient (Wildman–Crippen LogP) is 6.65. The Labute approximate surface area is 224 Å². The smallest absolute Gasteiger partial charge is 0.260 e. The highest BCUT2D eigenvalue weighted by Crippen LogP contribution is 2.46. The van der Waals surface area contributed by atoms with Gasteiger partial charge in [0.25, 0.3) is 5.56 Å². The number of methoxy groups -OCH3 is 3. The molecular formula is C30H29BrN2O4. The number of halogens is 1. The molecule has 2 aromatic heterocycles. The summed E-state index contributed by atoms with van der Waals surface area (Å²) < 4.78 is 22.3. The van der Waals surface area contributed by atoms with Crippen molar-refractivity contribution in [1.82, 2.24) is 9.13 Å². The molecule has 0 bridgehead atoms. The highest BCUT2D eigenvalue weighted by molar-refractivity contribution is 9.10. The van der Waals surface area contributed by atoms with Gasteiger partial charge < -0.3 is 23.3 Å². The maximum Gasteiger partial charge on any atom is 0.260 e. The number of aromatic nitrogens is 2. The molecule has 0 amide bonds. The van der Waals surface area contributed by atoms with Crippen molar-refractivity contribution in [2.75, 3.05) is 21.3 Å². The standard InChI is InChI=1S/C30H29BrN2O4/c1-6-32-24-17-25(35-3)28(36-4)29(37-5)26(24)27-22(30(32)34)16-21(15-19-9-7-8-10-23(19)31)33(27)20-13-11-18(2)12-14-20/h7-14,16-17H,6,15H2,1-5H3. The molecule has 0 N–H and O–H groups in total. The normalized spacial score (nSPS) is 11.3. The summed E-state index contributed by atoms with van der Waals surface area (Å²) in [6.07, 6.45) is 0.632. The van der Waals surface area contributed by atoms with E-state index in [1.807, 2.05) is 37.3 Å². The number of nitrogens with zero attached hydrogens (tertiary/aromatic N) is 2. The number of aryl methyl sites for hydroxylation is 2. The first-order valence-electron chi connectivity index (χ1n) is 12.1. The number of hydrogen-bond donors (Lipinski definition) is 0. The Balaban J connectivity index is 2.00. The summed E-state index contributed by atoms with van der Waals surface area (Å²) in [5.41, 5.74) is 5.71. The topological polar surface area (TPSA) is 54.6 Å². The van der Waals surface area contributed by atoms with Crippen LogP contribution in [0, 0.1) is 6.92 Å². The molecular weight excluding hydrogens is 532 g/mol. The molecule has 190 valence electrons. The molecule has 0 aliphatic heterocycles. The van der Waals surface area contributed by atoms with Crippen molar-refractivity contribution in [1.29, 1.82) is 0 Å². The summed E-state index contributed by atoms with van der Waals surface area (Å²) in [6, 6.07) is 20.4. The molecule has 5 rings (SSSR count). The molecule has 0 atom stereocenters. The zero-order valence-electron chi connectivity index (χ0n) is 21.6. The molecule has 6 nitrogen and oxygen atoms in total. The van der Waals surface area contributed by atoms with E-state index < -0.39 is 0 Å². The maximum absolute atomic E-state index is 13.9. The first kappa shape index (κ1) is 25.0. The van der Waals surface area contributed by atoms with Gasteiger partial charge in [0.1, 0.15) is 0 Å². The number of fused-ring (bicyclic) bond motifs is 3. The lowest BCUT2D eigenvalue weighted by molar-refractivity contribution is 0.327. The van der Waals surface area contributed by atoms with Gasteiger partial charge in [0.2, 0.25) is 5.75 Å². The van der Waals surface area contributed by atoms with E-state index in [4.69, 9.17) is 14.2 Å². The van der Waals surface area contributed by atoms with E-state index in [1.165, 1.54) is 0 Å². The number of benzene rings is 3. The lowest BCUT2D eigenvalue weighted by atomic mass is 10.1. The van der Waals surface area contributed by atoms with Crippen molar-refractivity contribution >= 4 is 37.7 Å². The van der Waals surface area contributed by atoms with Gasteiger partial charge in [0.15, 0.2) is 11.5 Å². The molecule has 0 fully saturated rings. The molecule has 0 saturated heterocycles. The number of pyridine rings is 1. The summed E-state index contributed by atoms with van der Waals surface area (Å²) in [4.78, 5) is 13.9. The van der Waals surface area contributed by atoms with Crippen LogP contribution in [-0.4, -0.2) is 30.5 Å². The van der Waals surface area contributed by atoms with E-state index in [0.29, 0.717) is 35.6 Å². The molecule has 3 aromatic carbocycles. The first-order valence-corrected chi connectivity index (χ1v) is 12.9. The third-order valence-corrected chi connectivity index (χ3v) is 7.60. The summed E-state index contributed by atoms with van der Waals surface area (Å²) >= 11 is 3.70. The van der Waals surface area contributed by atoms with Crippen molar-refractivity contribution in [2.24, 2.45) is 0 Å². The van der Waals surface area contributed by atoms with Crippen molar-refractivity contribution in [2.45, 2.75) is 26.8 Å². The van der Waals surface area contributed by atoms with Crippen molar-refractivity contribution < 1.29 is 14.2 Å². The minimum absolute atomic E-state index is 0.0569. The van der Waals surface area contributed by atoms with E-state index in [-0.39, 0.29) is 5.56 Å². The minimum atomic E-state index is -0.0569. The van der Waals surface area contributed by atoms with Crippen LogP contribution in [0.2, 0.25) is 0 Å². The first-order chi connectivity index (χ1) is 17.9. The third-order valence-electron chi connectivity index (χ3n) is 6.83. The lowest BCUT2D eigenvalue weighted by Gasteiger charge is -2.20. The molecule has 0 saturated carbocycles. The van der Waals surface area contributed by atoms with E-state index in [1.54, 1.807) is 25.9 Å². The average molecular weight is 561 g/mol.